The minimum atomic E-state index is -1.49. The van der Waals surface area contributed by atoms with E-state index in [4.69, 9.17) is 9.15 Å². The molecule has 2 N–H and O–H groups in total. The number of rotatable bonds is 4. The van der Waals surface area contributed by atoms with Gasteiger partial charge in [-0.15, -0.1) is 0 Å². The number of nitrogens with zero attached hydrogens (tertiary/aromatic N) is 1. The van der Waals surface area contributed by atoms with Gasteiger partial charge in [-0.3, -0.25) is 24.5 Å². The molecular weight excluding hydrogens is 457 g/mol. The van der Waals surface area contributed by atoms with Crippen molar-refractivity contribution in [3.8, 4) is 5.75 Å². The van der Waals surface area contributed by atoms with Crippen LogP contribution in [0.25, 0.3) is 11.0 Å². The van der Waals surface area contributed by atoms with Crippen molar-refractivity contribution in [2.75, 3.05) is 20.2 Å². The van der Waals surface area contributed by atoms with Crippen LogP contribution in [0.1, 0.15) is 44.0 Å². The molecule has 0 unspecified atom stereocenters. The molecule has 1 atom stereocenters. The fraction of sp³-hybridized carbons (Fsp3) is 0.280. The van der Waals surface area contributed by atoms with Gasteiger partial charge in [0, 0.05) is 30.6 Å². The van der Waals surface area contributed by atoms with Gasteiger partial charge in [0.25, 0.3) is 11.8 Å². The summed E-state index contributed by atoms with van der Waals surface area (Å²) in [5.74, 6) is -2.48. The molecule has 178 valence electrons. The first-order valence-corrected chi connectivity index (χ1v) is 11.1. The second kappa shape index (κ2) is 7.39. The number of halogens is 1. The third kappa shape index (κ3) is 3.05. The number of fused-ring (bicyclic) bond motifs is 3. The van der Waals surface area contributed by atoms with Crippen LogP contribution >= 0.6 is 0 Å². The van der Waals surface area contributed by atoms with Crippen molar-refractivity contribution in [2.45, 2.75) is 24.8 Å². The lowest BCUT2D eigenvalue weighted by atomic mass is 9.82. The molecule has 3 aliphatic rings. The highest BCUT2D eigenvalue weighted by Crippen LogP contribution is 2.40. The van der Waals surface area contributed by atoms with E-state index in [0.29, 0.717) is 35.1 Å². The maximum absolute atomic E-state index is 14.8. The van der Waals surface area contributed by atoms with Crippen LogP contribution in [0.2, 0.25) is 0 Å². The summed E-state index contributed by atoms with van der Waals surface area (Å²) in [6.07, 6.45) is 0.439. The normalized spacial score (nSPS) is 21.3. The molecule has 10 heteroatoms. The van der Waals surface area contributed by atoms with E-state index in [1.165, 1.54) is 18.1 Å². The zero-order valence-electron chi connectivity index (χ0n) is 18.7. The van der Waals surface area contributed by atoms with Gasteiger partial charge in [-0.1, -0.05) is 6.07 Å². The Hall–Kier alpha value is -4.21. The van der Waals surface area contributed by atoms with Gasteiger partial charge in [0.15, 0.2) is 11.6 Å². The number of methoxy groups -OCH3 is 1. The molecular formula is C25H20FN3O6. The Morgan fingerprint density at radius 2 is 1.97 bits per heavy atom. The number of nitrogens with one attached hydrogen (secondary N) is 2. The average Bonchev–Trinajstić information content (AvgIpc) is 3.47. The van der Waals surface area contributed by atoms with Crippen molar-refractivity contribution < 1.29 is 32.7 Å². The third-order valence-electron chi connectivity index (χ3n) is 7.02. The second-order valence-electron chi connectivity index (χ2n) is 9.08. The maximum Gasteiger partial charge on any atom is 0.257 e. The van der Waals surface area contributed by atoms with Gasteiger partial charge in [0.1, 0.15) is 16.8 Å². The number of carbonyl (C=O) groups excluding carboxylic acids is 4. The standard InChI is InChI=1S/C25H20FN3O6/c1-34-16-3-2-13-10-29(23(32)20(13)21(16)26)11-25(9-19(30)28-24(25)33)18-7-14-6-12-4-5-27-22(31)15(12)8-17(14)35-18/h2-3,6-8H,4-5,9-11H2,1H3,(H,27,31)(H,28,30,33)/t25-/m1/s1. The summed E-state index contributed by atoms with van der Waals surface area (Å²) in [5, 5.41) is 5.79. The lowest BCUT2D eigenvalue weighted by Crippen LogP contribution is -2.46. The van der Waals surface area contributed by atoms with Crippen LogP contribution in [0.5, 0.6) is 5.75 Å². The molecule has 1 aromatic heterocycles. The summed E-state index contributed by atoms with van der Waals surface area (Å²) in [7, 11) is 1.31. The van der Waals surface area contributed by atoms with Crippen molar-refractivity contribution in [2.24, 2.45) is 0 Å². The second-order valence-corrected chi connectivity index (χ2v) is 9.08. The Morgan fingerprint density at radius 1 is 1.14 bits per heavy atom. The van der Waals surface area contributed by atoms with E-state index >= 15 is 0 Å². The molecule has 2 aromatic carbocycles. The van der Waals surface area contributed by atoms with Crippen LogP contribution in [0.3, 0.4) is 0 Å². The fourth-order valence-electron chi connectivity index (χ4n) is 5.25. The van der Waals surface area contributed by atoms with Crippen molar-refractivity contribution in [1.29, 1.82) is 0 Å². The van der Waals surface area contributed by atoms with Gasteiger partial charge in [0.05, 0.1) is 19.1 Å². The molecule has 6 rings (SSSR count). The quantitative estimate of drug-likeness (QED) is 0.554. The smallest absolute Gasteiger partial charge is 0.257 e. The van der Waals surface area contributed by atoms with Gasteiger partial charge in [-0.2, -0.15) is 0 Å². The van der Waals surface area contributed by atoms with E-state index in [1.807, 2.05) is 6.07 Å². The predicted octanol–water partition coefficient (Wildman–Crippen LogP) is 1.81. The largest absolute Gasteiger partial charge is 0.494 e. The first-order chi connectivity index (χ1) is 16.8. The highest BCUT2D eigenvalue weighted by atomic mass is 19.1. The number of benzene rings is 2. The first-order valence-electron chi connectivity index (χ1n) is 11.1. The molecule has 35 heavy (non-hydrogen) atoms. The molecule has 9 nitrogen and oxygen atoms in total. The number of furan rings is 1. The van der Waals surface area contributed by atoms with E-state index < -0.39 is 29.0 Å². The maximum atomic E-state index is 14.8. The van der Waals surface area contributed by atoms with Crippen LogP contribution in [0.15, 0.2) is 34.7 Å². The lowest BCUT2D eigenvalue weighted by Gasteiger charge is -2.28. The Kier molecular flexibility index (Phi) is 4.51. The van der Waals surface area contributed by atoms with Crippen molar-refractivity contribution in [3.05, 3.63) is 64.2 Å². The van der Waals surface area contributed by atoms with Gasteiger partial charge >= 0.3 is 0 Å². The van der Waals surface area contributed by atoms with Crippen molar-refractivity contribution in [3.63, 3.8) is 0 Å². The molecule has 1 fully saturated rings. The summed E-state index contributed by atoms with van der Waals surface area (Å²) in [6.45, 7) is 0.425. The number of ether oxygens (including phenoxy) is 1. The molecule has 3 aromatic rings. The third-order valence-corrected chi connectivity index (χ3v) is 7.02. The van der Waals surface area contributed by atoms with E-state index in [1.54, 1.807) is 18.2 Å². The zero-order chi connectivity index (χ0) is 24.5. The van der Waals surface area contributed by atoms with Gasteiger partial charge in [-0.05, 0) is 41.8 Å². The molecule has 4 heterocycles. The molecule has 0 radical (unpaired) electrons. The molecule has 4 amide bonds. The monoisotopic (exact) mass is 477 g/mol. The van der Waals surface area contributed by atoms with E-state index in [-0.39, 0.29) is 42.5 Å². The number of hydrogen-bond donors (Lipinski definition) is 2. The Labute approximate surface area is 198 Å². The Bertz CT molecular complexity index is 1480. The van der Waals surface area contributed by atoms with E-state index in [9.17, 15) is 23.6 Å². The number of imide groups is 1. The number of amides is 4. The van der Waals surface area contributed by atoms with Crippen LogP contribution in [-0.2, 0) is 28.0 Å². The van der Waals surface area contributed by atoms with Gasteiger partial charge in [-0.25, -0.2) is 4.39 Å². The van der Waals surface area contributed by atoms with Crippen LogP contribution in [-0.4, -0.2) is 48.7 Å². The topological polar surface area (TPSA) is 118 Å². The number of carbonyl (C=O) groups is 4. The summed E-state index contributed by atoms with van der Waals surface area (Å²) in [6, 6.07) is 8.21. The summed E-state index contributed by atoms with van der Waals surface area (Å²) < 4.78 is 25.9. The van der Waals surface area contributed by atoms with Gasteiger partial charge in [0.2, 0.25) is 11.8 Å². The zero-order valence-corrected chi connectivity index (χ0v) is 18.7. The van der Waals surface area contributed by atoms with E-state index in [2.05, 4.69) is 10.6 Å². The molecule has 0 spiro atoms. The minimum Gasteiger partial charge on any atom is -0.494 e. The first kappa shape index (κ1) is 21.3. The Balaban J connectivity index is 1.42. The predicted molar refractivity (Wildman–Crippen MR) is 119 cm³/mol. The minimum absolute atomic E-state index is 0.0484. The highest BCUT2D eigenvalue weighted by Gasteiger charge is 2.53. The Morgan fingerprint density at radius 3 is 2.71 bits per heavy atom. The van der Waals surface area contributed by atoms with Crippen molar-refractivity contribution in [1.82, 2.24) is 15.5 Å². The highest BCUT2D eigenvalue weighted by molar-refractivity contribution is 6.10. The fourth-order valence-corrected chi connectivity index (χ4v) is 5.25. The summed E-state index contributed by atoms with van der Waals surface area (Å²) >= 11 is 0. The van der Waals surface area contributed by atoms with Crippen LogP contribution in [0.4, 0.5) is 4.39 Å². The van der Waals surface area contributed by atoms with Crippen LogP contribution in [0, 0.1) is 5.82 Å². The SMILES string of the molecule is COc1ccc2c(c1F)C(=O)N(C[C@@]1(c3cc4cc5c(cc4o3)C(=O)NCC5)CC(=O)NC1=O)C2. The van der Waals surface area contributed by atoms with E-state index in [0.717, 1.165) is 5.56 Å². The summed E-state index contributed by atoms with van der Waals surface area (Å²) in [4.78, 5) is 52.2. The van der Waals surface area contributed by atoms with Crippen LogP contribution < -0.4 is 15.4 Å². The van der Waals surface area contributed by atoms with Crippen molar-refractivity contribution >= 4 is 34.6 Å². The average molecular weight is 477 g/mol. The lowest BCUT2D eigenvalue weighted by molar-refractivity contribution is -0.127. The number of hydrogen-bond acceptors (Lipinski definition) is 6. The molecule has 0 bridgehead atoms. The summed E-state index contributed by atoms with van der Waals surface area (Å²) in [5.41, 5.74) is 0.638. The molecule has 0 saturated carbocycles. The van der Waals surface area contributed by atoms with Gasteiger partial charge < -0.3 is 19.4 Å². The molecule has 1 saturated heterocycles. The molecule has 0 aliphatic carbocycles. The molecule has 3 aliphatic heterocycles.